The van der Waals surface area contributed by atoms with E-state index in [-0.39, 0.29) is 11.1 Å². The molecule has 4 aromatic carbocycles. The van der Waals surface area contributed by atoms with Crippen LogP contribution in [0.2, 0.25) is 0 Å². The smallest absolute Gasteiger partial charge is 0.256 e. The maximum Gasteiger partial charge on any atom is 0.256 e. The molecule has 0 bridgehead atoms. The van der Waals surface area contributed by atoms with Crippen LogP contribution in [0.25, 0.3) is 0 Å². The summed E-state index contributed by atoms with van der Waals surface area (Å²) in [5, 5.41) is 39.6. The number of likely N-dealkylation sites (N-methyl/N-ethyl adjacent to an activating group) is 2. The fourth-order valence-corrected chi connectivity index (χ4v) is 6.40. The van der Waals surface area contributed by atoms with Gasteiger partial charge in [0.25, 0.3) is 23.6 Å². The second-order valence-corrected chi connectivity index (χ2v) is 15.1. The van der Waals surface area contributed by atoms with Crippen LogP contribution in [0.5, 0.6) is 0 Å². The Morgan fingerprint density at radius 1 is 0.484 bits per heavy atom. The van der Waals surface area contributed by atoms with Crippen molar-refractivity contribution in [3.05, 3.63) is 131 Å². The van der Waals surface area contributed by atoms with Gasteiger partial charge in [0.15, 0.2) is 12.2 Å². The van der Waals surface area contributed by atoms with Crippen molar-refractivity contribution in [3.63, 3.8) is 0 Å². The summed E-state index contributed by atoms with van der Waals surface area (Å²) in [6.45, 7) is 5.83. The number of carbonyl (C=O) groups is 6. The zero-order valence-electron chi connectivity index (χ0n) is 35.6. The van der Waals surface area contributed by atoms with Gasteiger partial charge in [-0.25, -0.2) is 0 Å². The van der Waals surface area contributed by atoms with Gasteiger partial charge in [0.05, 0.1) is 13.2 Å². The molecule has 6 atom stereocenters. The van der Waals surface area contributed by atoms with Gasteiger partial charge in [-0.15, -0.1) is 0 Å². The number of aliphatic hydroxyl groups is 2. The third-order valence-electron chi connectivity index (χ3n) is 9.90. The predicted octanol–water partition coefficient (Wildman–Crippen LogP) is 3.16. The topological polar surface area (TPSA) is 234 Å². The van der Waals surface area contributed by atoms with Crippen molar-refractivity contribution >= 4 is 46.8 Å². The molecule has 8 N–H and O–H groups in total. The van der Waals surface area contributed by atoms with Gasteiger partial charge in [-0.05, 0) is 59.4 Å². The summed E-state index contributed by atoms with van der Waals surface area (Å²) < 4.78 is 12.1. The Morgan fingerprint density at radius 2 is 0.806 bits per heavy atom. The van der Waals surface area contributed by atoms with E-state index in [1.807, 2.05) is 0 Å². The highest BCUT2D eigenvalue weighted by molar-refractivity contribution is 6.06. The van der Waals surface area contributed by atoms with Gasteiger partial charge in [0, 0.05) is 36.6 Å². The van der Waals surface area contributed by atoms with Crippen LogP contribution < -0.4 is 31.9 Å². The molecule has 330 valence electrons. The van der Waals surface area contributed by atoms with Crippen LogP contribution >= 0.6 is 0 Å². The van der Waals surface area contributed by atoms with E-state index in [2.05, 4.69) is 31.9 Å². The first-order chi connectivity index (χ1) is 29.7. The second-order valence-electron chi connectivity index (χ2n) is 15.1. The highest BCUT2D eigenvalue weighted by Crippen LogP contribution is 2.21. The van der Waals surface area contributed by atoms with Gasteiger partial charge in [0.2, 0.25) is 11.8 Å². The third kappa shape index (κ3) is 13.3. The summed E-state index contributed by atoms with van der Waals surface area (Å²) in [5.41, 5.74) is 2.01. The summed E-state index contributed by atoms with van der Waals surface area (Å²) in [7, 11) is 2.78. The molecule has 62 heavy (non-hydrogen) atoms. The van der Waals surface area contributed by atoms with Crippen LogP contribution in [-0.2, 0) is 41.9 Å². The summed E-state index contributed by atoms with van der Waals surface area (Å²) in [6.07, 6.45) is -8.43. The van der Waals surface area contributed by atoms with Gasteiger partial charge in [-0.1, -0.05) is 100 Å². The normalized spacial score (nSPS) is 14.0. The van der Waals surface area contributed by atoms with Crippen molar-refractivity contribution in [3.8, 4) is 0 Å². The highest BCUT2D eigenvalue weighted by atomic mass is 16.5. The van der Waals surface area contributed by atoms with E-state index in [0.717, 1.165) is 0 Å². The van der Waals surface area contributed by atoms with E-state index in [1.165, 1.54) is 14.1 Å². The van der Waals surface area contributed by atoms with Crippen molar-refractivity contribution < 1.29 is 48.5 Å². The van der Waals surface area contributed by atoms with Gasteiger partial charge < -0.3 is 51.6 Å². The molecule has 4 rings (SSSR count). The first kappa shape index (κ1) is 48.2. The first-order valence-electron chi connectivity index (χ1n) is 20.2. The zero-order valence-corrected chi connectivity index (χ0v) is 35.6. The molecule has 4 aromatic rings. The van der Waals surface area contributed by atoms with Crippen LogP contribution in [0, 0.1) is 11.8 Å². The summed E-state index contributed by atoms with van der Waals surface area (Å²) in [4.78, 5) is 80.8. The maximum absolute atomic E-state index is 14.1. The Balaban J connectivity index is 1.70. The van der Waals surface area contributed by atoms with E-state index < -0.39 is 97.0 Å². The number of carbonyl (C=O) groups excluding carboxylic acids is 6. The quantitative estimate of drug-likeness (QED) is 0.0610. The van der Waals surface area contributed by atoms with Gasteiger partial charge in [0.1, 0.15) is 24.3 Å². The third-order valence-corrected chi connectivity index (χ3v) is 9.90. The van der Waals surface area contributed by atoms with E-state index >= 15 is 0 Å². The molecule has 16 nitrogen and oxygen atoms in total. The second kappa shape index (κ2) is 23.5. The summed E-state index contributed by atoms with van der Waals surface area (Å²) in [6, 6.07) is 28.0. The van der Waals surface area contributed by atoms with Gasteiger partial charge >= 0.3 is 0 Å². The fraction of sp³-hybridized carbons (Fsp3) is 0.348. The van der Waals surface area contributed by atoms with E-state index in [4.69, 9.17) is 9.47 Å². The van der Waals surface area contributed by atoms with Crippen LogP contribution in [0.1, 0.15) is 59.5 Å². The van der Waals surface area contributed by atoms with Crippen molar-refractivity contribution in [2.45, 2.75) is 77.4 Å². The van der Waals surface area contributed by atoms with Crippen LogP contribution in [0.15, 0.2) is 109 Å². The molecule has 0 aliphatic carbocycles. The lowest BCUT2D eigenvalue weighted by molar-refractivity contribution is -0.171. The average Bonchev–Trinajstić information content (AvgIpc) is 3.27. The van der Waals surface area contributed by atoms with Crippen molar-refractivity contribution in [2.75, 3.05) is 24.7 Å². The van der Waals surface area contributed by atoms with Crippen molar-refractivity contribution in [1.29, 1.82) is 0 Å². The Morgan fingerprint density at radius 3 is 1.13 bits per heavy atom. The average molecular weight is 853 g/mol. The molecular weight excluding hydrogens is 797 g/mol. The van der Waals surface area contributed by atoms with E-state index in [1.54, 1.807) is 137 Å². The molecule has 0 radical (unpaired) electrons. The Kier molecular flexibility index (Phi) is 18.3. The summed E-state index contributed by atoms with van der Waals surface area (Å²) in [5.74, 6) is -5.02. The lowest BCUT2D eigenvalue weighted by Crippen LogP contribution is -2.60. The number of aliphatic hydroxyl groups excluding tert-OH is 2. The molecule has 0 unspecified atom stereocenters. The monoisotopic (exact) mass is 852 g/mol. The molecule has 0 fully saturated rings. The van der Waals surface area contributed by atoms with Crippen LogP contribution in [0.3, 0.4) is 0 Å². The predicted molar refractivity (Wildman–Crippen MR) is 233 cm³/mol. The van der Waals surface area contributed by atoms with E-state index in [9.17, 15) is 39.0 Å². The number of hydrogen-bond acceptors (Lipinski definition) is 10. The molecule has 0 spiro atoms. The van der Waals surface area contributed by atoms with Gasteiger partial charge in [-0.2, -0.15) is 0 Å². The first-order valence-corrected chi connectivity index (χ1v) is 20.2. The number of benzene rings is 4. The number of anilines is 2. The Hall–Kier alpha value is -6.46. The van der Waals surface area contributed by atoms with Crippen molar-refractivity contribution in [1.82, 2.24) is 21.3 Å². The standard InChI is InChI=1S/C46H56N6O10/c1-27(2)35(43(57)47-5)51-45(59)39(61-25-29-17-13-15-23-33(29)41(55)49-31-19-9-7-10-20-31)37(53)38(54)40(46(60)52-36(28(3)4)44(58)48-6)62-26-30-18-14-16-24-34(30)42(56)50-32-21-11-8-12-22-32/h7-24,27-28,35-40,53-54H,25-26H2,1-6H3,(H,47,57)(H,48,58)(H,49,55)(H,50,56)(H,51,59)(H,52,60)/t35-,36-,37+,38+,39+,40+/m0/s1. The highest BCUT2D eigenvalue weighted by Gasteiger charge is 2.43. The Labute approximate surface area is 361 Å². The number of para-hydroxylation sites is 2. The van der Waals surface area contributed by atoms with Crippen LogP contribution in [0.4, 0.5) is 11.4 Å². The number of hydrogen-bond donors (Lipinski definition) is 8. The van der Waals surface area contributed by atoms with Crippen LogP contribution in [-0.4, -0.2) is 96.3 Å². The minimum atomic E-state index is -2.23. The minimum Gasteiger partial charge on any atom is -0.387 e. The molecule has 6 amide bonds. The molecule has 0 saturated heterocycles. The maximum atomic E-state index is 14.1. The zero-order chi connectivity index (χ0) is 45.3. The number of amides is 6. The molecule has 0 aliphatic rings. The molecule has 0 aromatic heterocycles. The summed E-state index contributed by atoms with van der Waals surface area (Å²) >= 11 is 0. The molecule has 0 saturated carbocycles. The SMILES string of the molecule is CNC(=O)[C@@H](NC(=O)[C@H](OCc1ccccc1C(=O)Nc1ccccc1)[C@H](O)[C@@H](O)[C@@H](OCc1ccccc1C(=O)Nc1ccccc1)C(=O)N[C@H](C(=O)NC)C(C)C)C(C)C. The van der Waals surface area contributed by atoms with Gasteiger partial charge in [-0.3, -0.25) is 28.8 Å². The number of rotatable bonds is 21. The largest absolute Gasteiger partial charge is 0.387 e. The molecule has 0 aliphatic heterocycles. The molecular formula is C46H56N6O10. The lowest BCUT2D eigenvalue weighted by Gasteiger charge is -2.33. The lowest BCUT2D eigenvalue weighted by atomic mass is 9.98. The number of ether oxygens (including phenoxy) is 2. The molecule has 0 heterocycles. The minimum absolute atomic E-state index is 0.181. The van der Waals surface area contributed by atoms with Crippen molar-refractivity contribution in [2.24, 2.45) is 11.8 Å². The fourth-order valence-electron chi connectivity index (χ4n) is 6.40. The van der Waals surface area contributed by atoms with E-state index in [0.29, 0.717) is 22.5 Å². The Bertz CT molecular complexity index is 1980. The molecule has 16 heteroatoms. The number of nitrogens with one attached hydrogen (secondary N) is 6.